The van der Waals surface area contributed by atoms with Crippen molar-refractivity contribution in [1.29, 1.82) is 0 Å². The van der Waals surface area contributed by atoms with Gasteiger partial charge in [-0.1, -0.05) is 24.3 Å². The number of hydrogen-bond donors (Lipinski definition) is 1. The largest absolute Gasteiger partial charge is 0.308 e. The van der Waals surface area contributed by atoms with Gasteiger partial charge in [0.2, 0.25) is 0 Å². The summed E-state index contributed by atoms with van der Waals surface area (Å²) in [6.07, 6.45) is 5.60. The van der Waals surface area contributed by atoms with E-state index >= 15 is 0 Å². The predicted octanol–water partition coefficient (Wildman–Crippen LogP) is 2.75. The van der Waals surface area contributed by atoms with Crippen LogP contribution in [0.25, 0.3) is 0 Å². The fraction of sp³-hybridized carbons (Fsp3) is 0.647. The van der Waals surface area contributed by atoms with Gasteiger partial charge in [-0.3, -0.25) is 0 Å². The lowest BCUT2D eigenvalue weighted by atomic mass is 9.84. The molecule has 3 saturated heterocycles. The quantitative estimate of drug-likeness (QED) is 0.891. The van der Waals surface area contributed by atoms with E-state index in [2.05, 4.69) is 34.5 Å². The molecule has 1 aliphatic carbocycles. The van der Waals surface area contributed by atoms with Gasteiger partial charge >= 0.3 is 0 Å². The Labute approximate surface area is 116 Å². The van der Waals surface area contributed by atoms with Gasteiger partial charge in [0.15, 0.2) is 0 Å². The lowest BCUT2D eigenvalue weighted by Crippen LogP contribution is -2.55. The first-order chi connectivity index (χ1) is 9.38. The van der Waals surface area contributed by atoms with Gasteiger partial charge in [-0.25, -0.2) is 0 Å². The van der Waals surface area contributed by atoms with Gasteiger partial charge < -0.3 is 10.2 Å². The van der Waals surface area contributed by atoms with Crippen LogP contribution in [0, 0.1) is 5.92 Å². The summed E-state index contributed by atoms with van der Waals surface area (Å²) in [5.41, 5.74) is 2.99. The lowest BCUT2D eigenvalue weighted by molar-refractivity contribution is 0.0720. The zero-order chi connectivity index (χ0) is 12.7. The summed E-state index contributed by atoms with van der Waals surface area (Å²) < 4.78 is 0. The van der Waals surface area contributed by atoms with Gasteiger partial charge in [-0.2, -0.15) is 0 Å². The summed E-state index contributed by atoms with van der Waals surface area (Å²) in [5.74, 6) is 1.81. The SMILES string of the molecule is c1cc(C2CC2)ccc1CNC1CN2CCC1CC2. The molecule has 5 rings (SSSR count). The van der Waals surface area contributed by atoms with Crippen LogP contribution < -0.4 is 5.32 Å². The molecule has 0 spiro atoms. The van der Waals surface area contributed by atoms with Gasteiger partial charge in [0.1, 0.15) is 0 Å². The summed E-state index contributed by atoms with van der Waals surface area (Å²) in [5, 5.41) is 3.79. The van der Waals surface area contributed by atoms with Crippen LogP contribution in [0.2, 0.25) is 0 Å². The van der Waals surface area contributed by atoms with Gasteiger partial charge in [0, 0.05) is 19.1 Å². The number of rotatable bonds is 4. The molecule has 1 atom stereocenters. The van der Waals surface area contributed by atoms with Crippen molar-refractivity contribution < 1.29 is 0 Å². The van der Waals surface area contributed by atoms with Gasteiger partial charge in [0.25, 0.3) is 0 Å². The Hall–Kier alpha value is -0.860. The molecule has 3 heterocycles. The standard InChI is InChI=1S/C17H24N2/c1-3-14(15-5-6-15)4-2-13(1)11-18-17-12-19-9-7-16(17)8-10-19/h1-4,15-18H,5-12H2. The predicted molar refractivity (Wildman–Crippen MR) is 78.2 cm³/mol. The Morgan fingerprint density at radius 2 is 1.74 bits per heavy atom. The molecule has 2 heteroatoms. The van der Waals surface area contributed by atoms with E-state index in [1.54, 1.807) is 5.56 Å². The summed E-state index contributed by atoms with van der Waals surface area (Å²) in [4.78, 5) is 2.62. The average molecular weight is 256 g/mol. The fourth-order valence-corrected chi connectivity index (χ4v) is 3.77. The highest BCUT2D eigenvalue weighted by Crippen LogP contribution is 2.39. The topological polar surface area (TPSA) is 15.3 Å². The third-order valence-corrected chi connectivity index (χ3v) is 5.25. The molecule has 0 aromatic heterocycles. The van der Waals surface area contributed by atoms with Crippen LogP contribution in [0.3, 0.4) is 0 Å². The van der Waals surface area contributed by atoms with Crippen LogP contribution in [-0.2, 0) is 6.54 Å². The Bertz CT molecular complexity index is 427. The molecule has 1 N–H and O–H groups in total. The van der Waals surface area contributed by atoms with Crippen molar-refractivity contribution in [3.8, 4) is 0 Å². The Kier molecular flexibility index (Phi) is 3.08. The second-order valence-corrected chi connectivity index (χ2v) is 6.64. The van der Waals surface area contributed by atoms with Crippen molar-refractivity contribution >= 4 is 0 Å². The highest BCUT2D eigenvalue weighted by molar-refractivity contribution is 5.28. The molecule has 4 aliphatic rings. The van der Waals surface area contributed by atoms with Crippen molar-refractivity contribution in [2.24, 2.45) is 5.92 Å². The van der Waals surface area contributed by atoms with E-state index in [4.69, 9.17) is 0 Å². The van der Waals surface area contributed by atoms with Crippen LogP contribution in [0.1, 0.15) is 42.7 Å². The van der Waals surface area contributed by atoms with Crippen LogP contribution in [0.4, 0.5) is 0 Å². The number of piperidine rings is 3. The molecule has 19 heavy (non-hydrogen) atoms. The van der Waals surface area contributed by atoms with Crippen LogP contribution in [-0.4, -0.2) is 30.6 Å². The minimum Gasteiger partial charge on any atom is -0.308 e. The van der Waals surface area contributed by atoms with Crippen molar-refractivity contribution in [1.82, 2.24) is 10.2 Å². The van der Waals surface area contributed by atoms with E-state index in [0.29, 0.717) is 0 Å². The maximum Gasteiger partial charge on any atom is 0.0227 e. The summed E-state index contributed by atoms with van der Waals surface area (Å²) in [6.45, 7) is 4.97. The van der Waals surface area contributed by atoms with E-state index in [-0.39, 0.29) is 0 Å². The number of nitrogens with one attached hydrogen (secondary N) is 1. The fourth-order valence-electron chi connectivity index (χ4n) is 3.77. The third-order valence-electron chi connectivity index (χ3n) is 5.25. The number of nitrogens with zero attached hydrogens (tertiary/aromatic N) is 1. The first kappa shape index (κ1) is 11.9. The van der Waals surface area contributed by atoms with Gasteiger partial charge in [0.05, 0.1) is 0 Å². The Morgan fingerprint density at radius 1 is 1.00 bits per heavy atom. The molecular weight excluding hydrogens is 232 g/mol. The van der Waals surface area contributed by atoms with E-state index in [1.807, 2.05) is 0 Å². The molecule has 2 bridgehead atoms. The van der Waals surface area contributed by atoms with Crippen LogP contribution in [0.15, 0.2) is 24.3 Å². The molecular formula is C17H24N2. The molecule has 0 amide bonds. The summed E-state index contributed by atoms with van der Waals surface area (Å²) >= 11 is 0. The smallest absolute Gasteiger partial charge is 0.0227 e. The second-order valence-electron chi connectivity index (χ2n) is 6.64. The molecule has 0 radical (unpaired) electrons. The maximum atomic E-state index is 3.79. The molecule has 102 valence electrons. The van der Waals surface area contributed by atoms with E-state index in [0.717, 1.165) is 24.4 Å². The normalized spacial score (nSPS) is 33.6. The monoisotopic (exact) mass is 256 g/mol. The summed E-state index contributed by atoms with van der Waals surface area (Å²) in [6, 6.07) is 10.0. The van der Waals surface area contributed by atoms with Crippen molar-refractivity contribution in [2.45, 2.75) is 44.2 Å². The number of benzene rings is 1. The van der Waals surface area contributed by atoms with E-state index in [9.17, 15) is 0 Å². The first-order valence-corrected chi connectivity index (χ1v) is 7.93. The molecule has 4 fully saturated rings. The molecule has 1 unspecified atom stereocenters. The van der Waals surface area contributed by atoms with Crippen molar-refractivity contribution in [3.63, 3.8) is 0 Å². The minimum atomic E-state index is 0.727. The molecule has 3 aliphatic heterocycles. The highest BCUT2D eigenvalue weighted by Gasteiger charge is 2.33. The minimum absolute atomic E-state index is 0.727. The van der Waals surface area contributed by atoms with Crippen LogP contribution >= 0.6 is 0 Å². The highest BCUT2D eigenvalue weighted by atomic mass is 15.2. The van der Waals surface area contributed by atoms with E-state index in [1.165, 1.54) is 50.9 Å². The Balaban J connectivity index is 1.34. The maximum absolute atomic E-state index is 3.79. The van der Waals surface area contributed by atoms with Gasteiger partial charge in [-0.15, -0.1) is 0 Å². The lowest BCUT2D eigenvalue weighted by Gasteiger charge is -2.45. The Morgan fingerprint density at radius 3 is 2.32 bits per heavy atom. The van der Waals surface area contributed by atoms with Gasteiger partial charge in [-0.05, 0) is 61.7 Å². The zero-order valence-corrected chi connectivity index (χ0v) is 11.6. The van der Waals surface area contributed by atoms with Crippen LogP contribution in [0.5, 0.6) is 0 Å². The van der Waals surface area contributed by atoms with Crippen molar-refractivity contribution in [2.75, 3.05) is 19.6 Å². The van der Waals surface area contributed by atoms with Crippen molar-refractivity contribution in [3.05, 3.63) is 35.4 Å². The first-order valence-electron chi connectivity index (χ1n) is 7.93. The van der Waals surface area contributed by atoms with E-state index < -0.39 is 0 Å². The zero-order valence-electron chi connectivity index (χ0n) is 11.6. The second kappa shape index (κ2) is 4.92. The third kappa shape index (κ3) is 2.56. The summed E-state index contributed by atoms with van der Waals surface area (Å²) in [7, 11) is 0. The molecule has 1 aromatic carbocycles. The number of fused-ring (bicyclic) bond motifs is 3. The number of hydrogen-bond acceptors (Lipinski definition) is 2. The molecule has 1 saturated carbocycles. The average Bonchev–Trinajstić information content (AvgIpc) is 3.32. The molecule has 2 nitrogen and oxygen atoms in total. The molecule has 1 aromatic rings.